The van der Waals surface area contributed by atoms with Crippen LogP contribution in [0.3, 0.4) is 0 Å². The number of furan rings is 1. The van der Waals surface area contributed by atoms with Gasteiger partial charge in [-0.25, -0.2) is 0 Å². The summed E-state index contributed by atoms with van der Waals surface area (Å²) in [5.74, 6) is 1.56. The Labute approximate surface area is 122 Å². The van der Waals surface area contributed by atoms with Crippen LogP contribution in [-0.4, -0.2) is 46.6 Å². The molecule has 1 fully saturated rings. The van der Waals surface area contributed by atoms with Crippen molar-refractivity contribution in [1.29, 1.82) is 0 Å². The van der Waals surface area contributed by atoms with Crippen LogP contribution in [0.15, 0.2) is 27.3 Å². The standard InChI is InChI=1S/C14H18N4O3/c1-10-9-15-6-7-18(10)13(19)5-4-12-16-14(17-21-12)11-3-2-8-20-11/h2-3,8,10,15H,4-7,9H2,1H3/t10-/m1/s1. The minimum absolute atomic E-state index is 0.127. The molecular weight excluding hydrogens is 272 g/mol. The molecule has 2 aromatic rings. The van der Waals surface area contributed by atoms with Gasteiger partial charge in [0.2, 0.25) is 17.6 Å². The first kappa shape index (κ1) is 13.8. The molecule has 0 spiro atoms. The van der Waals surface area contributed by atoms with Crippen LogP contribution in [0.4, 0.5) is 0 Å². The van der Waals surface area contributed by atoms with Crippen LogP contribution in [0.1, 0.15) is 19.2 Å². The highest BCUT2D eigenvalue weighted by Gasteiger charge is 2.23. The molecule has 21 heavy (non-hydrogen) atoms. The largest absolute Gasteiger partial charge is 0.461 e. The molecule has 1 amide bonds. The number of hydrogen-bond donors (Lipinski definition) is 1. The van der Waals surface area contributed by atoms with Crippen LogP contribution in [0.5, 0.6) is 0 Å². The molecule has 0 saturated carbocycles. The molecule has 2 aromatic heterocycles. The van der Waals surface area contributed by atoms with E-state index in [-0.39, 0.29) is 11.9 Å². The van der Waals surface area contributed by atoms with Gasteiger partial charge in [0, 0.05) is 38.5 Å². The van der Waals surface area contributed by atoms with Crippen molar-refractivity contribution in [1.82, 2.24) is 20.4 Å². The summed E-state index contributed by atoms with van der Waals surface area (Å²) in [6.07, 6.45) is 2.38. The molecule has 0 aromatic carbocycles. The molecule has 0 unspecified atom stereocenters. The zero-order valence-corrected chi connectivity index (χ0v) is 11.9. The molecule has 1 atom stereocenters. The van der Waals surface area contributed by atoms with E-state index in [1.54, 1.807) is 18.4 Å². The summed E-state index contributed by atoms with van der Waals surface area (Å²) in [6.45, 7) is 4.49. The Morgan fingerprint density at radius 1 is 1.57 bits per heavy atom. The van der Waals surface area contributed by atoms with Gasteiger partial charge in [-0.2, -0.15) is 4.98 Å². The van der Waals surface area contributed by atoms with E-state index in [0.717, 1.165) is 19.6 Å². The van der Waals surface area contributed by atoms with Gasteiger partial charge in [0.15, 0.2) is 5.76 Å². The number of aromatic nitrogens is 2. The lowest BCUT2D eigenvalue weighted by molar-refractivity contribution is -0.134. The monoisotopic (exact) mass is 290 g/mol. The summed E-state index contributed by atoms with van der Waals surface area (Å²) in [5.41, 5.74) is 0. The lowest BCUT2D eigenvalue weighted by Gasteiger charge is -2.34. The second kappa shape index (κ2) is 6.09. The van der Waals surface area contributed by atoms with Gasteiger partial charge in [-0.3, -0.25) is 4.79 Å². The fourth-order valence-corrected chi connectivity index (χ4v) is 2.43. The molecule has 1 aliphatic rings. The maximum atomic E-state index is 12.2. The SMILES string of the molecule is C[C@@H]1CNCCN1C(=O)CCc1nc(-c2ccco2)no1. The highest BCUT2D eigenvalue weighted by atomic mass is 16.5. The zero-order valence-electron chi connectivity index (χ0n) is 11.9. The van der Waals surface area contributed by atoms with Crippen LogP contribution >= 0.6 is 0 Å². The van der Waals surface area contributed by atoms with Crippen molar-refractivity contribution in [2.75, 3.05) is 19.6 Å². The van der Waals surface area contributed by atoms with E-state index in [0.29, 0.717) is 30.3 Å². The third-order valence-corrected chi connectivity index (χ3v) is 3.58. The molecule has 0 aliphatic carbocycles. The number of rotatable bonds is 4. The summed E-state index contributed by atoms with van der Waals surface area (Å²) < 4.78 is 10.3. The van der Waals surface area contributed by atoms with Crippen molar-refractivity contribution in [2.24, 2.45) is 0 Å². The maximum Gasteiger partial charge on any atom is 0.238 e. The second-order valence-corrected chi connectivity index (χ2v) is 5.13. The summed E-state index contributed by atoms with van der Waals surface area (Å²) in [5, 5.41) is 7.12. The Hall–Kier alpha value is -2.15. The van der Waals surface area contributed by atoms with Crippen molar-refractivity contribution in [3.05, 3.63) is 24.3 Å². The van der Waals surface area contributed by atoms with Gasteiger partial charge in [-0.15, -0.1) is 0 Å². The van der Waals surface area contributed by atoms with E-state index in [4.69, 9.17) is 8.94 Å². The highest BCUT2D eigenvalue weighted by molar-refractivity contribution is 5.76. The molecule has 1 N–H and O–H groups in total. The summed E-state index contributed by atoms with van der Waals surface area (Å²) in [7, 11) is 0. The Balaban J connectivity index is 1.56. The molecule has 7 nitrogen and oxygen atoms in total. The molecule has 112 valence electrons. The Bertz CT molecular complexity index is 593. The van der Waals surface area contributed by atoms with Crippen molar-refractivity contribution in [3.8, 4) is 11.6 Å². The lowest BCUT2D eigenvalue weighted by atomic mass is 10.2. The van der Waals surface area contributed by atoms with Crippen molar-refractivity contribution >= 4 is 5.91 Å². The van der Waals surface area contributed by atoms with Crippen LogP contribution in [0, 0.1) is 0 Å². The van der Waals surface area contributed by atoms with Crippen LogP contribution in [0.2, 0.25) is 0 Å². The van der Waals surface area contributed by atoms with E-state index in [1.165, 1.54) is 0 Å². The fraction of sp³-hybridized carbons (Fsp3) is 0.500. The summed E-state index contributed by atoms with van der Waals surface area (Å²) in [4.78, 5) is 18.3. The summed E-state index contributed by atoms with van der Waals surface area (Å²) >= 11 is 0. The quantitative estimate of drug-likeness (QED) is 0.907. The van der Waals surface area contributed by atoms with Gasteiger partial charge in [0.25, 0.3) is 0 Å². The highest BCUT2D eigenvalue weighted by Crippen LogP contribution is 2.16. The minimum atomic E-state index is 0.127. The topological polar surface area (TPSA) is 84.4 Å². The normalized spacial score (nSPS) is 18.9. The van der Waals surface area contributed by atoms with Gasteiger partial charge >= 0.3 is 0 Å². The molecule has 0 bridgehead atoms. The Morgan fingerprint density at radius 2 is 2.48 bits per heavy atom. The van der Waals surface area contributed by atoms with Crippen molar-refractivity contribution in [2.45, 2.75) is 25.8 Å². The van der Waals surface area contributed by atoms with Gasteiger partial charge in [-0.05, 0) is 19.1 Å². The predicted molar refractivity (Wildman–Crippen MR) is 74.4 cm³/mol. The molecule has 3 rings (SSSR count). The van der Waals surface area contributed by atoms with Crippen molar-refractivity contribution < 1.29 is 13.7 Å². The third kappa shape index (κ3) is 3.13. The van der Waals surface area contributed by atoms with Gasteiger partial charge in [0.1, 0.15) is 0 Å². The smallest absolute Gasteiger partial charge is 0.238 e. The molecule has 3 heterocycles. The number of nitrogens with one attached hydrogen (secondary N) is 1. The second-order valence-electron chi connectivity index (χ2n) is 5.13. The molecule has 7 heteroatoms. The lowest BCUT2D eigenvalue weighted by Crippen LogP contribution is -2.52. The number of nitrogens with zero attached hydrogens (tertiary/aromatic N) is 3. The number of amides is 1. The van der Waals surface area contributed by atoms with Gasteiger partial charge < -0.3 is 19.2 Å². The third-order valence-electron chi connectivity index (χ3n) is 3.58. The molecular formula is C14H18N4O3. The molecule has 0 radical (unpaired) electrons. The average Bonchev–Trinajstić information content (AvgIpc) is 3.16. The van der Waals surface area contributed by atoms with E-state index < -0.39 is 0 Å². The number of aryl methyl sites for hydroxylation is 1. The summed E-state index contributed by atoms with van der Waals surface area (Å²) in [6, 6.07) is 3.76. The van der Waals surface area contributed by atoms with E-state index in [1.807, 2.05) is 11.8 Å². The zero-order chi connectivity index (χ0) is 14.7. The van der Waals surface area contributed by atoms with E-state index in [9.17, 15) is 4.79 Å². The Morgan fingerprint density at radius 3 is 3.24 bits per heavy atom. The van der Waals surface area contributed by atoms with Gasteiger partial charge in [0.05, 0.1) is 6.26 Å². The predicted octanol–water partition coefficient (Wildman–Crippen LogP) is 1.08. The van der Waals surface area contributed by atoms with Crippen LogP contribution in [-0.2, 0) is 11.2 Å². The fourth-order valence-electron chi connectivity index (χ4n) is 2.43. The average molecular weight is 290 g/mol. The molecule has 1 saturated heterocycles. The van der Waals surface area contributed by atoms with Gasteiger partial charge in [-0.1, -0.05) is 5.16 Å². The number of piperazine rings is 1. The number of carbonyl (C=O) groups is 1. The van der Waals surface area contributed by atoms with E-state index in [2.05, 4.69) is 15.5 Å². The first-order valence-corrected chi connectivity index (χ1v) is 7.10. The van der Waals surface area contributed by atoms with E-state index >= 15 is 0 Å². The minimum Gasteiger partial charge on any atom is -0.461 e. The maximum absolute atomic E-state index is 12.2. The number of carbonyl (C=O) groups excluding carboxylic acids is 1. The Kier molecular flexibility index (Phi) is 4.01. The van der Waals surface area contributed by atoms with Crippen LogP contribution in [0.25, 0.3) is 11.6 Å². The van der Waals surface area contributed by atoms with Crippen molar-refractivity contribution in [3.63, 3.8) is 0 Å². The van der Waals surface area contributed by atoms with Crippen LogP contribution < -0.4 is 5.32 Å². The first-order valence-electron chi connectivity index (χ1n) is 7.10. The number of hydrogen-bond acceptors (Lipinski definition) is 6. The molecule has 1 aliphatic heterocycles. The first-order chi connectivity index (χ1) is 10.2.